The Bertz CT molecular complexity index is 376. The van der Waals surface area contributed by atoms with Crippen LogP contribution in [0.2, 0.25) is 0 Å². The van der Waals surface area contributed by atoms with Gasteiger partial charge in [-0.2, -0.15) is 13.2 Å². The smallest absolute Gasteiger partial charge is 0.382 e. The third-order valence-electron chi connectivity index (χ3n) is 2.12. The number of hydrogen-bond donors (Lipinski definition) is 2. The summed E-state index contributed by atoms with van der Waals surface area (Å²) in [6, 6.07) is 0.970. The zero-order chi connectivity index (χ0) is 13.1. The molecule has 0 fully saturated rings. The molecule has 96 valence electrons. The molecule has 1 heterocycles. The van der Waals surface area contributed by atoms with Gasteiger partial charge in [-0.1, -0.05) is 0 Å². The Hall–Kier alpha value is -1.50. The third kappa shape index (κ3) is 4.10. The van der Waals surface area contributed by atoms with Gasteiger partial charge in [-0.3, -0.25) is 0 Å². The minimum Gasteiger partial charge on any atom is -0.382 e. The number of halogens is 3. The topological polar surface area (TPSA) is 54.2 Å². The van der Waals surface area contributed by atoms with Gasteiger partial charge in [0.2, 0.25) is 0 Å². The first-order valence-corrected chi connectivity index (χ1v) is 5.02. The van der Waals surface area contributed by atoms with Crippen molar-refractivity contribution in [3.05, 3.63) is 17.8 Å². The molecule has 0 saturated heterocycles. The number of nitrogens with two attached hydrogens (primary N) is 1. The fourth-order valence-electron chi connectivity index (χ4n) is 1.19. The number of rotatable bonds is 4. The van der Waals surface area contributed by atoms with E-state index in [0.717, 1.165) is 12.3 Å². The number of nitrogen functional groups attached to an aromatic ring is 1. The van der Waals surface area contributed by atoms with Crippen LogP contribution in [0.25, 0.3) is 0 Å². The van der Waals surface area contributed by atoms with E-state index in [4.69, 9.17) is 5.73 Å². The number of aromatic nitrogens is 1. The maximum atomic E-state index is 12.4. The van der Waals surface area contributed by atoms with Crippen molar-refractivity contribution >= 4 is 11.5 Å². The molecule has 1 aromatic rings. The molecule has 0 saturated carbocycles. The van der Waals surface area contributed by atoms with Gasteiger partial charge in [0, 0.05) is 19.3 Å². The van der Waals surface area contributed by atoms with Gasteiger partial charge in [-0.15, -0.1) is 0 Å². The molecule has 7 heteroatoms. The number of pyridine rings is 1. The first kappa shape index (κ1) is 13.6. The lowest BCUT2D eigenvalue weighted by molar-refractivity contribution is -0.137. The van der Waals surface area contributed by atoms with Gasteiger partial charge in [0.05, 0.1) is 11.3 Å². The Morgan fingerprint density at radius 1 is 1.41 bits per heavy atom. The highest BCUT2D eigenvalue weighted by Gasteiger charge is 2.31. The van der Waals surface area contributed by atoms with Crippen LogP contribution in [0.15, 0.2) is 12.3 Å². The van der Waals surface area contributed by atoms with Crippen LogP contribution in [0.5, 0.6) is 0 Å². The first-order valence-electron chi connectivity index (χ1n) is 5.02. The molecule has 0 aliphatic heterocycles. The van der Waals surface area contributed by atoms with Gasteiger partial charge in [-0.25, -0.2) is 4.98 Å². The highest BCUT2D eigenvalue weighted by molar-refractivity contribution is 5.62. The molecule has 0 radical (unpaired) electrons. The summed E-state index contributed by atoms with van der Waals surface area (Å²) in [5.41, 5.74) is 4.90. The molecule has 0 aromatic carbocycles. The van der Waals surface area contributed by atoms with E-state index in [0.29, 0.717) is 13.1 Å². The molecule has 3 N–H and O–H groups in total. The van der Waals surface area contributed by atoms with Gasteiger partial charge in [0.25, 0.3) is 0 Å². The number of likely N-dealkylation sites (N-methyl/N-ethyl adjacent to an activating group) is 1. The van der Waals surface area contributed by atoms with E-state index in [1.807, 2.05) is 19.0 Å². The lowest BCUT2D eigenvalue weighted by atomic mass is 10.2. The van der Waals surface area contributed by atoms with E-state index < -0.39 is 11.7 Å². The molecule has 0 aliphatic carbocycles. The predicted molar refractivity (Wildman–Crippen MR) is 60.7 cm³/mol. The molecule has 0 unspecified atom stereocenters. The van der Waals surface area contributed by atoms with Crippen molar-refractivity contribution in [2.75, 3.05) is 38.2 Å². The fraction of sp³-hybridized carbons (Fsp3) is 0.500. The van der Waals surface area contributed by atoms with Crippen molar-refractivity contribution in [3.63, 3.8) is 0 Å². The fourth-order valence-corrected chi connectivity index (χ4v) is 1.19. The Labute approximate surface area is 97.6 Å². The van der Waals surface area contributed by atoms with E-state index in [-0.39, 0.29) is 11.5 Å². The SMILES string of the molecule is CN(C)CCNc1cc(C(F)(F)F)cnc1N. The molecular formula is C10H15F3N4. The van der Waals surface area contributed by atoms with Gasteiger partial charge in [-0.05, 0) is 20.2 Å². The lowest BCUT2D eigenvalue weighted by Crippen LogP contribution is -2.21. The van der Waals surface area contributed by atoms with Gasteiger partial charge >= 0.3 is 6.18 Å². The monoisotopic (exact) mass is 248 g/mol. The number of anilines is 2. The van der Waals surface area contributed by atoms with Crippen molar-refractivity contribution in [2.24, 2.45) is 0 Å². The molecule has 4 nitrogen and oxygen atoms in total. The standard InChI is InChI=1S/C10H15F3N4/c1-17(2)4-3-15-8-5-7(10(11,12)13)6-16-9(8)14/h5-6,15H,3-4H2,1-2H3,(H2,14,16). The molecule has 0 atom stereocenters. The summed E-state index contributed by atoms with van der Waals surface area (Å²) >= 11 is 0. The van der Waals surface area contributed by atoms with Crippen LogP contribution in [0.4, 0.5) is 24.7 Å². The summed E-state index contributed by atoms with van der Waals surface area (Å²) in [6.45, 7) is 1.19. The zero-order valence-corrected chi connectivity index (χ0v) is 9.67. The Morgan fingerprint density at radius 2 is 2.06 bits per heavy atom. The Morgan fingerprint density at radius 3 is 2.59 bits per heavy atom. The normalized spacial score (nSPS) is 11.9. The zero-order valence-electron chi connectivity index (χ0n) is 9.67. The summed E-state index contributed by atoms with van der Waals surface area (Å²) in [7, 11) is 3.74. The summed E-state index contributed by atoms with van der Waals surface area (Å²) < 4.78 is 37.3. The molecule has 0 aliphatic rings. The Kier molecular flexibility index (Phi) is 4.17. The van der Waals surface area contributed by atoms with Crippen molar-refractivity contribution in [1.82, 2.24) is 9.88 Å². The second kappa shape index (κ2) is 5.22. The maximum Gasteiger partial charge on any atom is 0.417 e. The van der Waals surface area contributed by atoms with Crippen molar-refractivity contribution in [1.29, 1.82) is 0 Å². The highest BCUT2D eigenvalue weighted by atomic mass is 19.4. The largest absolute Gasteiger partial charge is 0.417 e. The van der Waals surface area contributed by atoms with Crippen molar-refractivity contribution in [2.45, 2.75) is 6.18 Å². The van der Waals surface area contributed by atoms with E-state index >= 15 is 0 Å². The molecular weight excluding hydrogens is 233 g/mol. The lowest BCUT2D eigenvalue weighted by Gasteiger charge is -2.14. The van der Waals surface area contributed by atoms with Crippen LogP contribution >= 0.6 is 0 Å². The van der Waals surface area contributed by atoms with Crippen LogP contribution < -0.4 is 11.1 Å². The third-order valence-corrected chi connectivity index (χ3v) is 2.12. The summed E-state index contributed by atoms with van der Waals surface area (Å²) in [5.74, 6) is 0.0664. The van der Waals surface area contributed by atoms with E-state index in [9.17, 15) is 13.2 Å². The van der Waals surface area contributed by atoms with Gasteiger partial charge in [0.1, 0.15) is 5.82 Å². The van der Waals surface area contributed by atoms with Crippen LogP contribution in [-0.2, 0) is 6.18 Å². The van der Waals surface area contributed by atoms with E-state index in [2.05, 4.69) is 10.3 Å². The summed E-state index contributed by atoms with van der Waals surface area (Å²) in [6.07, 6.45) is -3.68. The average Bonchev–Trinajstić information content (AvgIpc) is 2.18. The average molecular weight is 248 g/mol. The molecule has 1 aromatic heterocycles. The first-order chi connectivity index (χ1) is 7.80. The van der Waals surface area contributed by atoms with Crippen molar-refractivity contribution < 1.29 is 13.2 Å². The highest BCUT2D eigenvalue weighted by Crippen LogP contribution is 2.31. The van der Waals surface area contributed by atoms with Gasteiger partial charge < -0.3 is 16.0 Å². The van der Waals surface area contributed by atoms with E-state index in [1.165, 1.54) is 0 Å². The molecule has 0 spiro atoms. The Balaban J connectivity index is 2.77. The summed E-state index contributed by atoms with van der Waals surface area (Å²) in [5, 5.41) is 2.83. The minimum atomic E-state index is -4.40. The number of nitrogens with zero attached hydrogens (tertiary/aromatic N) is 2. The predicted octanol–water partition coefficient (Wildman–Crippen LogP) is 1.66. The van der Waals surface area contributed by atoms with Crippen molar-refractivity contribution in [3.8, 4) is 0 Å². The van der Waals surface area contributed by atoms with Crippen LogP contribution in [0.3, 0.4) is 0 Å². The van der Waals surface area contributed by atoms with E-state index in [1.54, 1.807) is 0 Å². The minimum absolute atomic E-state index is 0.0664. The maximum absolute atomic E-state index is 12.4. The van der Waals surface area contributed by atoms with Crippen LogP contribution in [-0.4, -0.2) is 37.1 Å². The van der Waals surface area contributed by atoms with Crippen LogP contribution in [0.1, 0.15) is 5.56 Å². The summed E-state index contributed by atoms with van der Waals surface area (Å²) in [4.78, 5) is 5.43. The van der Waals surface area contributed by atoms with Crippen LogP contribution in [0, 0.1) is 0 Å². The molecule has 0 bridgehead atoms. The second-order valence-electron chi connectivity index (χ2n) is 3.88. The second-order valence-corrected chi connectivity index (χ2v) is 3.88. The number of nitrogens with one attached hydrogen (secondary N) is 1. The quantitative estimate of drug-likeness (QED) is 0.850. The molecule has 17 heavy (non-hydrogen) atoms. The molecule has 0 amide bonds. The number of alkyl halides is 3. The molecule has 1 rings (SSSR count). The number of hydrogen-bond acceptors (Lipinski definition) is 4. The van der Waals surface area contributed by atoms with Gasteiger partial charge in [0.15, 0.2) is 0 Å².